The third-order valence-corrected chi connectivity index (χ3v) is 11.4. The zero-order chi connectivity index (χ0) is 37.6. The molecule has 284 valence electrons. The summed E-state index contributed by atoms with van der Waals surface area (Å²) in [6, 6.07) is 12.4. The van der Waals surface area contributed by atoms with E-state index in [-0.39, 0.29) is 42.4 Å². The number of imide groups is 1. The van der Waals surface area contributed by atoms with Crippen molar-refractivity contribution in [1.29, 1.82) is 0 Å². The molecule has 0 radical (unpaired) electrons. The Balaban J connectivity index is 0.835. The van der Waals surface area contributed by atoms with Crippen LogP contribution in [0.3, 0.4) is 0 Å². The van der Waals surface area contributed by atoms with E-state index in [0.717, 1.165) is 68.6 Å². The van der Waals surface area contributed by atoms with Gasteiger partial charge in [0.05, 0.1) is 24.3 Å². The lowest BCUT2D eigenvalue weighted by atomic mass is 9.88. The number of carbonyl (C=O) groups excluding carboxylic acids is 3. The number of piperidine rings is 1. The average molecular weight is 741 g/mol. The van der Waals surface area contributed by atoms with Crippen LogP contribution in [0.2, 0.25) is 0 Å². The topological polar surface area (TPSA) is 132 Å². The number of benzene rings is 1. The van der Waals surface area contributed by atoms with Crippen LogP contribution < -0.4 is 15.5 Å². The number of amides is 3. The van der Waals surface area contributed by atoms with Gasteiger partial charge in [0.2, 0.25) is 17.8 Å². The molecule has 3 amide bonds. The summed E-state index contributed by atoms with van der Waals surface area (Å²) < 4.78 is 33.0. The smallest absolute Gasteiger partial charge is 0.285 e. The van der Waals surface area contributed by atoms with E-state index in [1.54, 1.807) is 42.2 Å². The highest BCUT2D eigenvalue weighted by atomic mass is 19.3. The minimum absolute atomic E-state index is 0.0460. The second kappa shape index (κ2) is 14.7. The first kappa shape index (κ1) is 36.0. The minimum atomic E-state index is -3.07. The first-order valence-corrected chi connectivity index (χ1v) is 18.9. The SMILES string of the molecule is CN(C)C(=O)c1cc2cnc(Nc3ccc(N4CCN(C5CN(CC(F)(F)c6cccc(C7CCC(=O)NC7=O)c6)C5)CC4)cn3)nc2n1C1CCCC1. The van der Waals surface area contributed by atoms with Crippen LogP contribution >= 0.6 is 0 Å². The van der Waals surface area contributed by atoms with Gasteiger partial charge in [-0.2, -0.15) is 13.8 Å². The minimum Gasteiger partial charge on any atom is -0.368 e. The first-order valence-electron chi connectivity index (χ1n) is 18.9. The predicted octanol–water partition coefficient (Wildman–Crippen LogP) is 4.51. The van der Waals surface area contributed by atoms with Crippen molar-refractivity contribution in [1.82, 2.24) is 39.5 Å². The highest BCUT2D eigenvalue weighted by Gasteiger charge is 2.41. The Kier molecular flexibility index (Phi) is 9.77. The molecular weight excluding hydrogens is 694 g/mol. The fourth-order valence-electron chi connectivity index (χ4n) is 8.37. The van der Waals surface area contributed by atoms with Gasteiger partial charge < -0.3 is 19.7 Å². The van der Waals surface area contributed by atoms with Gasteiger partial charge in [0, 0.05) is 89.0 Å². The lowest BCUT2D eigenvalue weighted by molar-refractivity contribution is -0.134. The zero-order valence-electron chi connectivity index (χ0n) is 30.7. The van der Waals surface area contributed by atoms with Gasteiger partial charge in [-0.15, -0.1) is 0 Å². The maximum absolute atomic E-state index is 15.4. The number of anilines is 3. The molecule has 0 spiro atoms. The number of nitrogens with one attached hydrogen (secondary N) is 2. The summed E-state index contributed by atoms with van der Waals surface area (Å²) >= 11 is 0. The summed E-state index contributed by atoms with van der Waals surface area (Å²) in [5.74, 6) is -3.42. The molecule has 1 unspecified atom stereocenters. The summed E-state index contributed by atoms with van der Waals surface area (Å²) in [5.41, 5.74) is 2.81. The number of aromatic nitrogens is 4. The van der Waals surface area contributed by atoms with Gasteiger partial charge in [0.1, 0.15) is 17.2 Å². The van der Waals surface area contributed by atoms with Crippen LogP contribution in [0.4, 0.5) is 26.2 Å². The van der Waals surface area contributed by atoms with Crippen molar-refractivity contribution in [3.05, 3.63) is 71.7 Å². The molecule has 4 aromatic rings. The Labute approximate surface area is 312 Å². The van der Waals surface area contributed by atoms with Crippen molar-refractivity contribution in [2.75, 3.05) is 70.1 Å². The first-order chi connectivity index (χ1) is 26.0. The Morgan fingerprint density at radius 1 is 0.963 bits per heavy atom. The van der Waals surface area contributed by atoms with E-state index in [9.17, 15) is 14.4 Å². The number of likely N-dealkylation sites (tertiary alicyclic amines) is 1. The number of hydrogen-bond acceptors (Lipinski definition) is 10. The van der Waals surface area contributed by atoms with E-state index in [0.29, 0.717) is 42.5 Å². The summed E-state index contributed by atoms with van der Waals surface area (Å²) in [6.45, 7) is 4.05. The molecule has 4 fully saturated rings. The number of hydrogen-bond donors (Lipinski definition) is 2. The van der Waals surface area contributed by atoms with Crippen molar-refractivity contribution >= 4 is 46.2 Å². The van der Waals surface area contributed by atoms with Crippen molar-refractivity contribution in [3.63, 3.8) is 0 Å². The van der Waals surface area contributed by atoms with E-state index < -0.39 is 17.7 Å². The number of fused-ring (bicyclic) bond motifs is 1. The lowest BCUT2D eigenvalue weighted by Crippen LogP contribution is -2.64. The summed E-state index contributed by atoms with van der Waals surface area (Å²) in [4.78, 5) is 59.0. The average Bonchev–Trinajstić information content (AvgIpc) is 3.81. The van der Waals surface area contributed by atoms with Crippen LogP contribution in [0.1, 0.15) is 72.1 Å². The fourth-order valence-corrected chi connectivity index (χ4v) is 8.37. The molecule has 0 bridgehead atoms. The van der Waals surface area contributed by atoms with Crippen molar-refractivity contribution in [3.8, 4) is 0 Å². The quantitative estimate of drug-likeness (QED) is 0.224. The van der Waals surface area contributed by atoms with E-state index in [2.05, 4.69) is 35.0 Å². The van der Waals surface area contributed by atoms with Crippen LogP contribution in [-0.2, 0) is 15.5 Å². The van der Waals surface area contributed by atoms with E-state index in [1.165, 1.54) is 12.1 Å². The van der Waals surface area contributed by atoms with Gasteiger partial charge in [-0.1, -0.05) is 31.0 Å². The number of halogens is 2. The number of piperazine rings is 1. The Hall–Kier alpha value is -5.02. The highest BCUT2D eigenvalue weighted by molar-refractivity contribution is 6.01. The molecular formula is C39H46F2N10O3. The zero-order valence-corrected chi connectivity index (χ0v) is 30.7. The number of pyridine rings is 1. The van der Waals surface area contributed by atoms with E-state index in [4.69, 9.17) is 4.98 Å². The second-order valence-electron chi connectivity index (χ2n) is 15.2. The number of rotatable bonds is 10. The van der Waals surface area contributed by atoms with Gasteiger partial charge in [-0.25, -0.2) is 9.97 Å². The van der Waals surface area contributed by atoms with Gasteiger partial charge in [0.15, 0.2) is 0 Å². The summed E-state index contributed by atoms with van der Waals surface area (Å²) in [6.07, 6.45) is 8.44. The molecule has 13 nitrogen and oxygen atoms in total. The molecule has 3 aromatic heterocycles. The molecule has 1 atom stereocenters. The van der Waals surface area contributed by atoms with Gasteiger partial charge >= 0.3 is 0 Å². The van der Waals surface area contributed by atoms with E-state index in [1.807, 2.05) is 24.4 Å². The number of alkyl halides is 2. The van der Waals surface area contributed by atoms with Crippen LogP contribution in [-0.4, -0.2) is 118 Å². The van der Waals surface area contributed by atoms with Crippen molar-refractivity contribution in [2.24, 2.45) is 0 Å². The van der Waals surface area contributed by atoms with Crippen molar-refractivity contribution < 1.29 is 23.2 Å². The molecule has 8 rings (SSSR count). The number of carbonyl (C=O) groups is 3. The fraction of sp³-hybridized carbons (Fsp3) is 0.487. The molecule has 4 aliphatic rings. The van der Waals surface area contributed by atoms with E-state index >= 15 is 8.78 Å². The van der Waals surface area contributed by atoms with Gasteiger partial charge in [-0.3, -0.25) is 29.5 Å². The molecule has 6 heterocycles. The van der Waals surface area contributed by atoms with Crippen molar-refractivity contribution in [2.45, 2.75) is 62.4 Å². The van der Waals surface area contributed by atoms with Crippen LogP contribution in [0, 0.1) is 0 Å². The highest BCUT2D eigenvalue weighted by Crippen LogP contribution is 2.36. The monoisotopic (exact) mass is 740 g/mol. The third-order valence-electron chi connectivity index (χ3n) is 11.4. The Morgan fingerprint density at radius 3 is 2.44 bits per heavy atom. The molecule has 1 saturated carbocycles. The third kappa shape index (κ3) is 7.26. The normalized spacial score (nSPS) is 20.7. The molecule has 1 aliphatic carbocycles. The Morgan fingerprint density at radius 2 is 1.74 bits per heavy atom. The maximum atomic E-state index is 15.4. The van der Waals surface area contributed by atoms with Crippen LogP contribution in [0.25, 0.3) is 11.0 Å². The van der Waals surface area contributed by atoms with Crippen LogP contribution in [0.5, 0.6) is 0 Å². The summed E-state index contributed by atoms with van der Waals surface area (Å²) in [5, 5.41) is 6.39. The standard InChI is InChI=1S/C39H46F2N10O3/c1-47(2)37(54)32-19-26-20-43-38(46-35(26)51(32)28-8-3-4-9-28)44-33-12-10-29(21-42-33)49-14-16-50(17-15-49)30-22-48(23-30)24-39(40,41)27-7-5-6-25(18-27)31-11-13-34(52)45-36(31)53/h5-7,10,12,18-21,28,30-31H,3-4,8-9,11,13-17,22-24H2,1-2H3,(H,45,52,53)(H,42,43,44,46). The van der Waals surface area contributed by atoms with Gasteiger partial charge in [0.25, 0.3) is 11.8 Å². The largest absolute Gasteiger partial charge is 0.368 e. The maximum Gasteiger partial charge on any atom is 0.285 e. The van der Waals surface area contributed by atoms with Gasteiger partial charge in [-0.05, 0) is 49.1 Å². The molecule has 1 aromatic carbocycles. The lowest BCUT2D eigenvalue weighted by Gasteiger charge is -2.49. The molecule has 15 heteroatoms. The molecule has 3 aliphatic heterocycles. The predicted molar refractivity (Wildman–Crippen MR) is 200 cm³/mol. The molecule has 54 heavy (non-hydrogen) atoms. The number of nitrogens with zero attached hydrogens (tertiary/aromatic N) is 8. The van der Waals surface area contributed by atoms with Crippen LogP contribution in [0.15, 0.2) is 54.9 Å². The molecule has 3 saturated heterocycles. The summed E-state index contributed by atoms with van der Waals surface area (Å²) in [7, 11) is 3.53. The second-order valence-corrected chi connectivity index (χ2v) is 15.2. The Bertz CT molecular complexity index is 2030. The molecule has 2 N–H and O–H groups in total.